The van der Waals surface area contributed by atoms with E-state index >= 15 is 0 Å². The van der Waals surface area contributed by atoms with Gasteiger partial charge < -0.3 is 0 Å². The van der Waals surface area contributed by atoms with Crippen molar-refractivity contribution in [1.82, 2.24) is 0 Å². The molecule has 0 fully saturated rings. The summed E-state index contributed by atoms with van der Waals surface area (Å²) in [5, 5.41) is 1.62. The van der Waals surface area contributed by atoms with Gasteiger partial charge in [-0.25, -0.2) is 0 Å². The van der Waals surface area contributed by atoms with Crippen molar-refractivity contribution < 1.29 is 0 Å². The van der Waals surface area contributed by atoms with Crippen LogP contribution in [-0.4, -0.2) is 0 Å². The molecule has 0 nitrogen and oxygen atoms in total. The van der Waals surface area contributed by atoms with Crippen LogP contribution < -0.4 is 0 Å². The lowest BCUT2D eigenvalue weighted by Crippen LogP contribution is -1.96. The molecule has 0 aliphatic carbocycles. The molecular formula is C14H11Br2Cl. The van der Waals surface area contributed by atoms with Crippen molar-refractivity contribution in [3.8, 4) is 0 Å². The van der Waals surface area contributed by atoms with E-state index < -0.39 is 0 Å². The van der Waals surface area contributed by atoms with Gasteiger partial charge >= 0.3 is 0 Å². The average Bonchev–Trinajstić information content (AvgIpc) is 2.38. The summed E-state index contributed by atoms with van der Waals surface area (Å²) in [7, 11) is 0. The lowest BCUT2D eigenvalue weighted by molar-refractivity contribution is 1.14. The molecule has 88 valence electrons. The van der Waals surface area contributed by atoms with Gasteiger partial charge in [0, 0.05) is 10.4 Å². The Labute approximate surface area is 123 Å². The first-order chi connectivity index (χ1) is 8.22. The predicted molar refractivity (Wildman–Crippen MR) is 81.3 cm³/mol. The highest BCUT2D eigenvalue weighted by molar-refractivity contribution is 9.09. The van der Waals surface area contributed by atoms with Gasteiger partial charge in [0.2, 0.25) is 0 Å². The fourth-order valence-corrected chi connectivity index (χ4v) is 3.19. The van der Waals surface area contributed by atoms with Gasteiger partial charge in [-0.15, -0.1) is 0 Å². The molecule has 0 heterocycles. The molecule has 1 atom stereocenters. The van der Waals surface area contributed by atoms with Crippen LogP contribution in [0.15, 0.2) is 48.5 Å². The summed E-state index contributed by atoms with van der Waals surface area (Å²) in [6, 6.07) is 16.3. The summed E-state index contributed by atoms with van der Waals surface area (Å²) in [6.07, 6.45) is 0. The van der Waals surface area contributed by atoms with E-state index in [4.69, 9.17) is 11.6 Å². The molecule has 0 aliphatic rings. The highest BCUT2D eigenvalue weighted by Gasteiger charge is 2.13. The Kier molecular flexibility index (Phi) is 4.66. The van der Waals surface area contributed by atoms with Crippen LogP contribution in [-0.2, 0) is 5.33 Å². The SMILES string of the molecule is Clc1cccc(C(Br)c2ccccc2CBr)c1. The Balaban J connectivity index is 2.40. The highest BCUT2D eigenvalue weighted by atomic mass is 79.9. The minimum Gasteiger partial charge on any atom is -0.0876 e. The summed E-state index contributed by atoms with van der Waals surface area (Å²) < 4.78 is 0. The molecule has 0 N–H and O–H groups in total. The van der Waals surface area contributed by atoms with Gasteiger partial charge in [-0.3, -0.25) is 0 Å². The first kappa shape index (κ1) is 13.1. The van der Waals surface area contributed by atoms with Gasteiger partial charge in [-0.2, -0.15) is 0 Å². The Morgan fingerprint density at radius 2 is 1.82 bits per heavy atom. The molecule has 0 radical (unpaired) electrons. The molecule has 0 aromatic heterocycles. The van der Waals surface area contributed by atoms with Gasteiger partial charge in [0.15, 0.2) is 0 Å². The van der Waals surface area contributed by atoms with E-state index in [-0.39, 0.29) is 4.83 Å². The maximum absolute atomic E-state index is 6.02. The molecule has 0 saturated heterocycles. The summed E-state index contributed by atoms with van der Waals surface area (Å²) in [5.41, 5.74) is 3.73. The number of alkyl halides is 2. The third-order valence-corrected chi connectivity index (χ3v) is 4.47. The summed E-state index contributed by atoms with van der Waals surface area (Å²) in [5.74, 6) is 0. The van der Waals surface area contributed by atoms with Crippen molar-refractivity contribution in [2.45, 2.75) is 10.2 Å². The number of hydrogen-bond acceptors (Lipinski definition) is 0. The van der Waals surface area contributed by atoms with E-state index in [9.17, 15) is 0 Å². The molecule has 0 saturated carbocycles. The van der Waals surface area contributed by atoms with Gasteiger partial charge in [0.25, 0.3) is 0 Å². The number of benzene rings is 2. The predicted octanol–water partition coefficient (Wildman–Crippen LogP) is 5.72. The van der Waals surface area contributed by atoms with Crippen molar-refractivity contribution in [3.63, 3.8) is 0 Å². The van der Waals surface area contributed by atoms with Crippen LogP contribution >= 0.6 is 43.5 Å². The standard InChI is InChI=1S/C14H11Br2Cl/c15-9-11-4-1-2-7-13(11)14(16)10-5-3-6-12(17)8-10/h1-8,14H,9H2. The van der Waals surface area contributed by atoms with E-state index in [0.29, 0.717) is 0 Å². The smallest absolute Gasteiger partial charge is 0.0648 e. The van der Waals surface area contributed by atoms with Crippen LogP contribution in [0.5, 0.6) is 0 Å². The van der Waals surface area contributed by atoms with Crippen molar-refractivity contribution >= 4 is 43.5 Å². The Morgan fingerprint density at radius 1 is 1.06 bits per heavy atom. The molecule has 2 rings (SSSR count). The summed E-state index contributed by atoms with van der Waals surface area (Å²) >= 11 is 13.3. The molecular weight excluding hydrogens is 363 g/mol. The van der Waals surface area contributed by atoms with Crippen LogP contribution in [0, 0.1) is 0 Å². The first-order valence-corrected chi connectivity index (χ1v) is 7.67. The number of rotatable bonds is 3. The lowest BCUT2D eigenvalue weighted by atomic mass is 10.0. The van der Waals surface area contributed by atoms with E-state index in [0.717, 1.165) is 10.4 Å². The molecule has 3 heteroatoms. The second kappa shape index (κ2) is 6.03. The second-order valence-corrected chi connectivity index (χ2v) is 5.66. The molecule has 0 spiro atoms. The minimum absolute atomic E-state index is 0.176. The van der Waals surface area contributed by atoms with E-state index in [2.05, 4.69) is 62.2 Å². The van der Waals surface area contributed by atoms with Crippen LogP contribution in [0.2, 0.25) is 5.02 Å². The highest BCUT2D eigenvalue weighted by Crippen LogP contribution is 2.34. The first-order valence-electron chi connectivity index (χ1n) is 5.25. The normalized spacial score (nSPS) is 12.4. The largest absolute Gasteiger partial charge is 0.0876 e. The monoisotopic (exact) mass is 372 g/mol. The Hall–Kier alpha value is -0.310. The topological polar surface area (TPSA) is 0 Å². The zero-order chi connectivity index (χ0) is 12.3. The molecule has 0 aliphatic heterocycles. The van der Waals surface area contributed by atoms with Crippen LogP contribution in [0.4, 0.5) is 0 Å². The van der Waals surface area contributed by atoms with Gasteiger partial charge in [0.1, 0.15) is 0 Å². The Morgan fingerprint density at radius 3 is 2.53 bits per heavy atom. The van der Waals surface area contributed by atoms with Crippen molar-refractivity contribution in [2.75, 3.05) is 0 Å². The van der Waals surface area contributed by atoms with Crippen LogP contribution in [0.1, 0.15) is 21.5 Å². The molecule has 2 aromatic carbocycles. The number of hydrogen-bond donors (Lipinski definition) is 0. The fraction of sp³-hybridized carbons (Fsp3) is 0.143. The van der Waals surface area contributed by atoms with E-state index in [1.807, 2.05) is 18.2 Å². The maximum atomic E-state index is 6.02. The summed E-state index contributed by atoms with van der Waals surface area (Å²) in [6.45, 7) is 0. The maximum Gasteiger partial charge on any atom is 0.0648 e. The fourth-order valence-electron chi connectivity index (χ4n) is 1.75. The van der Waals surface area contributed by atoms with Crippen molar-refractivity contribution in [3.05, 3.63) is 70.2 Å². The van der Waals surface area contributed by atoms with Gasteiger partial charge in [0.05, 0.1) is 4.83 Å². The number of halogens is 3. The average molecular weight is 375 g/mol. The molecule has 2 aromatic rings. The van der Waals surface area contributed by atoms with Gasteiger partial charge in [-0.05, 0) is 28.8 Å². The molecule has 0 amide bonds. The zero-order valence-electron chi connectivity index (χ0n) is 9.04. The molecule has 0 bridgehead atoms. The zero-order valence-corrected chi connectivity index (χ0v) is 13.0. The van der Waals surface area contributed by atoms with E-state index in [1.54, 1.807) is 0 Å². The third kappa shape index (κ3) is 3.12. The second-order valence-electron chi connectivity index (χ2n) is 3.75. The third-order valence-electron chi connectivity index (χ3n) is 2.61. The minimum atomic E-state index is 0.176. The lowest BCUT2D eigenvalue weighted by Gasteiger charge is -2.14. The van der Waals surface area contributed by atoms with Crippen molar-refractivity contribution in [1.29, 1.82) is 0 Å². The quantitative estimate of drug-likeness (QED) is 0.603. The molecule has 1 unspecified atom stereocenters. The van der Waals surface area contributed by atoms with E-state index in [1.165, 1.54) is 16.7 Å². The summed E-state index contributed by atoms with van der Waals surface area (Å²) in [4.78, 5) is 0.176. The van der Waals surface area contributed by atoms with Gasteiger partial charge in [-0.1, -0.05) is 79.9 Å². The molecule has 17 heavy (non-hydrogen) atoms. The van der Waals surface area contributed by atoms with Crippen molar-refractivity contribution in [2.24, 2.45) is 0 Å². The Bertz CT molecular complexity index is 511. The van der Waals surface area contributed by atoms with Crippen LogP contribution in [0.3, 0.4) is 0 Å². The van der Waals surface area contributed by atoms with Crippen LogP contribution in [0.25, 0.3) is 0 Å².